The lowest BCUT2D eigenvalue weighted by molar-refractivity contribution is 0.133. The topological polar surface area (TPSA) is 87.4 Å². The summed E-state index contributed by atoms with van der Waals surface area (Å²) in [4.78, 5) is 27.4. The van der Waals surface area contributed by atoms with Gasteiger partial charge in [-0.05, 0) is 31.4 Å². The van der Waals surface area contributed by atoms with Crippen molar-refractivity contribution in [3.63, 3.8) is 0 Å². The van der Waals surface area contributed by atoms with Crippen LogP contribution in [-0.4, -0.2) is 61.8 Å². The zero-order chi connectivity index (χ0) is 18.8. The van der Waals surface area contributed by atoms with E-state index in [-0.39, 0.29) is 16.5 Å². The fourth-order valence-electron chi connectivity index (χ4n) is 3.11. The number of imidazole rings is 1. The lowest BCUT2D eigenvalue weighted by atomic mass is 10.1. The van der Waals surface area contributed by atoms with Crippen LogP contribution in [0.15, 0.2) is 0 Å². The van der Waals surface area contributed by atoms with Gasteiger partial charge in [-0.1, -0.05) is 17.5 Å². The van der Waals surface area contributed by atoms with Gasteiger partial charge in [0.05, 0.1) is 12.6 Å². The van der Waals surface area contributed by atoms with Crippen molar-refractivity contribution in [2.24, 2.45) is 0 Å². The van der Waals surface area contributed by atoms with Crippen LogP contribution in [0.4, 0.5) is 10.7 Å². The molecule has 1 aliphatic heterocycles. The minimum Gasteiger partial charge on any atom is -0.465 e. The quantitative estimate of drug-likeness (QED) is 0.487. The molecule has 2 aromatic heterocycles. The summed E-state index contributed by atoms with van der Waals surface area (Å²) in [5.41, 5.74) is 0.971. The lowest BCUT2D eigenvalue weighted by Crippen LogP contribution is -2.49. The van der Waals surface area contributed by atoms with E-state index in [1.165, 1.54) is 4.90 Å². The number of anilines is 1. The fraction of sp³-hybridized carbons (Fsp3) is 0.500. The zero-order valence-electron chi connectivity index (χ0n) is 14.4. The molecule has 1 amide bonds. The predicted octanol–water partition coefficient (Wildman–Crippen LogP) is 2.74. The van der Waals surface area contributed by atoms with Gasteiger partial charge in [0.1, 0.15) is 5.52 Å². The molecule has 1 N–H and O–H groups in total. The molecule has 26 heavy (non-hydrogen) atoms. The van der Waals surface area contributed by atoms with Crippen molar-refractivity contribution in [3.05, 3.63) is 10.4 Å². The third kappa shape index (κ3) is 3.50. The Labute approximate surface area is 160 Å². The summed E-state index contributed by atoms with van der Waals surface area (Å²) in [5, 5.41) is 9.51. The Balaban J connectivity index is 2.04. The van der Waals surface area contributed by atoms with Crippen LogP contribution in [0, 0.1) is 11.8 Å². The number of rotatable bonds is 3. The van der Waals surface area contributed by atoms with Crippen molar-refractivity contribution in [1.82, 2.24) is 24.4 Å². The number of amides is 1. The molecule has 1 fully saturated rings. The molecule has 1 aliphatic rings. The first kappa shape index (κ1) is 18.5. The number of fused-ring (bicyclic) bond motifs is 1. The molecule has 2 aromatic rings. The highest BCUT2D eigenvalue weighted by molar-refractivity contribution is 6.35. The van der Waals surface area contributed by atoms with Crippen molar-refractivity contribution < 1.29 is 9.90 Å². The summed E-state index contributed by atoms with van der Waals surface area (Å²) in [6.07, 6.45) is 0.717. The monoisotopic (exact) mass is 396 g/mol. The highest BCUT2D eigenvalue weighted by Crippen LogP contribution is 2.29. The van der Waals surface area contributed by atoms with Crippen LogP contribution < -0.4 is 4.90 Å². The van der Waals surface area contributed by atoms with Crippen LogP contribution >= 0.6 is 23.2 Å². The maximum absolute atomic E-state index is 11.3. The molecule has 1 atom stereocenters. The van der Waals surface area contributed by atoms with Gasteiger partial charge in [0.2, 0.25) is 11.2 Å². The second-order valence-corrected chi connectivity index (χ2v) is 6.71. The van der Waals surface area contributed by atoms with Crippen molar-refractivity contribution in [2.45, 2.75) is 32.4 Å². The fourth-order valence-corrected chi connectivity index (χ4v) is 3.59. The van der Waals surface area contributed by atoms with Gasteiger partial charge in [0, 0.05) is 20.1 Å². The molecule has 0 bridgehead atoms. The Morgan fingerprint density at radius 1 is 1.38 bits per heavy atom. The van der Waals surface area contributed by atoms with Crippen molar-refractivity contribution >= 4 is 46.4 Å². The highest BCUT2D eigenvalue weighted by atomic mass is 35.5. The van der Waals surface area contributed by atoms with Gasteiger partial charge >= 0.3 is 6.09 Å². The molecule has 1 saturated heterocycles. The van der Waals surface area contributed by atoms with Gasteiger partial charge in [0.15, 0.2) is 10.8 Å². The Morgan fingerprint density at radius 3 is 2.85 bits per heavy atom. The van der Waals surface area contributed by atoms with E-state index in [0.717, 1.165) is 19.4 Å². The number of carboxylic acid groups (broad SMARTS) is 1. The van der Waals surface area contributed by atoms with Crippen molar-refractivity contribution in [1.29, 1.82) is 0 Å². The molecule has 0 spiro atoms. The number of aromatic nitrogens is 4. The van der Waals surface area contributed by atoms with Crippen LogP contribution in [0.2, 0.25) is 10.4 Å². The Bertz CT molecular complexity index is 904. The van der Waals surface area contributed by atoms with Crippen LogP contribution in [0.5, 0.6) is 0 Å². The molecule has 3 heterocycles. The number of nitrogens with zero attached hydrogens (tertiary/aromatic N) is 6. The average Bonchev–Trinajstić information content (AvgIpc) is 2.97. The van der Waals surface area contributed by atoms with Gasteiger partial charge in [0.25, 0.3) is 0 Å². The third-order valence-corrected chi connectivity index (χ3v) is 4.89. The van der Waals surface area contributed by atoms with Gasteiger partial charge < -0.3 is 14.9 Å². The van der Waals surface area contributed by atoms with Gasteiger partial charge in [-0.2, -0.15) is 9.97 Å². The number of hydrogen-bond donors (Lipinski definition) is 1. The number of halogens is 2. The summed E-state index contributed by atoms with van der Waals surface area (Å²) >= 11 is 12.2. The minimum absolute atomic E-state index is 0.0300. The standard InChI is InChI=1S/C16H18Cl2N6O2/c1-3-4-8-24-11-12(17)19-14(18)20-13(11)21-15(24)23-7-5-6-10(9-23)22(2)16(25)26/h10H,5-9H2,1-2H3,(H,25,26). The van der Waals surface area contributed by atoms with E-state index in [4.69, 9.17) is 23.2 Å². The number of carbonyl (C=O) groups is 1. The van der Waals surface area contributed by atoms with Gasteiger partial charge in [-0.15, -0.1) is 5.92 Å². The smallest absolute Gasteiger partial charge is 0.407 e. The van der Waals surface area contributed by atoms with Crippen molar-refractivity contribution in [2.75, 3.05) is 25.0 Å². The van der Waals surface area contributed by atoms with Crippen molar-refractivity contribution in [3.8, 4) is 11.8 Å². The molecule has 0 radical (unpaired) electrons. The largest absolute Gasteiger partial charge is 0.465 e. The van der Waals surface area contributed by atoms with E-state index in [0.29, 0.717) is 30.2 Å². The van der Waals surface area contributed by atoms with Crippen LogP contribution in [0.1, 0.15) is 19.8 Å². The number of likely N-dealkylation sites (N-methyl/N-ethyl adjacent to an activating group) is 1. The Kier molecular flexibility index (Phi) is 5.39. The number of piperidine rings is 1. The lowest BCUT2D eigenvalue weighted by Gasteiger charge is -2.37. The predicted molar refractivity (Wildman–Crippen MR) is 99.8 cm³/mol. The molecule has 138 valence electrons. The maximum atomic E-state index is 11.3. The molecular weight excluding hydrogens is 379 g/mol. The van der Waals surface area contributed by atoms with E-state index < -0.39 is 6.09 Å². The molecule has 3 rings (SSSR count). The Hall–Kier alpha value is -2.24. The summed E-state index contributed by atoms with van der Waals surface area (Å²) < 4.78 is 1.85. The van der Waals surface area contributed by atoms with Crippen LogP contribution in [0.25, 0.3) is 11.2 Å². The normalized spacial score (nSPS) is 17.1. The van der Waals surface area contributed by atoms with Crippen LogP contribution in [-0.2, 0) is 6.54 Å². The first-order valence-electron chi connectivity index (χ1n) is 8.12. The first-order valence-corrected chi connectivity index (χ1v) is 8.87. The molecule has 0 aliphatic carbocycles. The minimum atomic E-state index is -0.942. The van der Waals surface area contributed by atoms with E-state index in [9.17, 15) is 9.90 Å². The molecular formula is C16H18Cl2N6O2. The summed E-state index contributed by atoms with van der Waals surface area (Å²) in [6.45, 7) is 3.42. The molecule has 0 aromatic carbocycles. The van der Waals surface area contributed by atoms with Crippen LogP contribution in [0.3, 0.4) is 0 Å². The van der Waals surface area contributed by atoms with Gasteiger partial charge in [-0.25, -0.2) is 9.78 Å². The average molecular weight is 397 g/mol. The van der Waals surface area contributed by atoms with E-state index in [1.54, 1.807) is 14.0 Å². The molecule has 1 unspecified atom stereocenters. The van der Waals surface area contributed by atoms with E-state index in [2.05, 4.69) is 26.8 Å². The molecule has 0 saturated carbocycles. The first-order chi connectivity index (χ1) is 12.4. The summed E-state index contributed by atoms with van der Waals surface area (Å²) in [6, 6.07) is -0.114. The molecule has 8 nitrogen and oxygen atoms in total. The second kappa shape index (κ2) is 7.56. The van der Waals surface area contributed by atoms with Gasteiger partial charge in [-0.3, -0.25) is 4.57 Å². The SMILES string of the molecule is CC#CCn1c(N2CCCC(N(C)C(=O)O)C2)nc2nc(Cl)nc(Cl)c21. The van der Waals surface area contributed by atoms with E-state index >= 15 is 0 Å². The third-order valence-electron chi connectivity index (χ3n) is 4.46. The number of hydrogen-bond acceptors (Lipinski definition) is 5. The summed E-state index contributed by atoms with van der Waals surface area (Å²) in [5.74, 6) is 6.51. The Morgan fingerprint density at radius 2 is 2.15 bits per heavy atom. The molecule has 10 heteroatoms. The summed E-state index contributed by atoms with van der Waals surface area (Å²) in [7, 11) is 1.59. The second-order valence-electron chi connectivity index (χ2n) is 6.02. The highest BCUT2D eigenvalue weighted by Gasteiger charge is 2.29. The van der Waals surface area contributed by atoms with E-state index in [1.807, 2.05) is 9.47 Å². The zero-order valence-corrected chi connectivity index (χ0v) is 15.9. The maximum Gasteiger partial charge on any atom is 0.407 e.